The zero-order valence-corrected chi connectivity index (χ0v) is 15.7. The summed E-state index contributed by atoms with van der Waals surface area (Å²) < 4.78 is 22.6. The first-order chi connectivity index (χ1) is 11.7. The van der Waals surface area contributed by atoms with Gasteiger partial charge in [-0.05, 0) is 52.4 Å². The molecule has 0 saturated carbocycles. The van der Waals surface area contributed by atoms with Crippen LogP contribution in [-0.2, 0) is 0 Å². The Kier molecular flexibility index (Phi) is 4.94. The average Bonchev–Trinajstić information content (AvgIpc) is 3.10. The van der Waals surface area contributed by atoms with E-state index < -0.39 is 0 Å². The third-order valence-corrected chi connectivity index (χ3v) is 4.38. The second-order valence-corrected chi connectivity index (χ2v) is 6.24. The van der Waals surface area contributed by atoms with Crippen LogP contribution in [0.3, 0.4) is 0 Å². The fraction of sp³-hybridized carbons (Fsp3) is 0.167. The highest BCUT2D eigenvalue weighted by Crippen LogP contribution is 2.42. The highest BCUT2D eigenvalue weighted by molar-refractivity contribution is 14.1. The predicted octanol–water partition coefficient (Wildman–Crippen LogP) is 4.64. The number of hydrogen-bond donors (Lipinski definition) is 0. The van der Waals surface area contributed by atoms with E-state index >= 15 is 0 Å². The van der Waals surface area contributed by atoms with Crippen molar-refractivity contribution in [3.05, 3.63) is 46.2 Å². The number of benzene rings is 2. The molecule has 124 valence electrons. The highest BCUT2D eigenvalue weighted by Gasteiger charge is 2.18. The lowest BCUT2D eigenvalue weighted by molar-refractivity contribution is 0.324. The standard InChI is InChI=1S/C18H16INO4/c1-21-15-8-12(9-16(22-2)18(15)23-3)17-14(10-24-20-17)11-4-6-13(19)7-5-11/h4-10H,1-3H3. The van der Waals surface area contributed by atoms with E-state index in [1.807, 2.05) is 36.4 Å². The summed E-state index contributed by atoms with van der Waals surface area (Å²) in [5, 5.41) is 4.16. The summed E-state index contributed by atoms with van der Waals surface area (Å²) in [5.74, 6) is 1.69. The van der Waals surface area contributed by atoms with Gasteiger partial charge in [0.05, 0.1) is 21.3 Å². The lowest BCUT2D eigenvalue weighted by Crippen LogP contribution is -1.96. The molecular formula is C18H16INO4. The van der Waals surface area contributed by atoms with E-state index in [2.05, 4.69) is 27.7 Å². The summed E-state index contributed by atoms with van der Waals surface area (Å²) in [7, 11) is 4.75. The molecule has 0 unspecified atom stereocenters. The number of hydrogen-bond acceptors (Lipinski definition) is 5. The van der Waals surface area contributed by atoms with E-state index in [0.29, 0.717) is 17.2 Å². The van der Waals surface area contributed by atoms with Crippen molar-refractivity contribution in [2.24, 2.45) is 0 Å². The molecule has 0 aliphatic heterocycles. The summed E-state index contributed by atoms with van der Waals surface area (Å²) >= 11 is 2.27. The third kappa shape index (κ3) is 3.06. The van der Waals surface area contributed by atoms with Crippen LogP contribution in [0.2, 0.25) is 0 Å². The van der Waals surface area contributed by atoms with Crippen molar-refractivity contribution in [3.8, 4) is 39.6 Å². The Hall–Kier alpha value is -2.22. The topological polar surface area (TPSA) is 53.7 Å². The van der Waals surface area contributed by atoms with Crippen molar-refractivity contribution in [3.63, 3.8) is 0 Å². The minimum Gasteiger partial charge on any atom is -0.493 e. The molecule has 0 aliphatic carbocycles. The molecule has 0 spiro atoms. The molecule has 0 N–H and O–H groups in total. The Bertz CT molecular complexity index is 817. The SMILES string of the molecule is COc1cc(-c2nocc2-c2ccc(I)cc2)cc(OC)c1OC. The Morgan fingerprint density at radius 2 is 1.50 bits per heavy atom. The summed E-state index contributed by atoms with van der Waals surface area (Å²) in [6.07, 6.45) is 1.64. The van der Waals surface area contributed by atoms with E-state index in [-0.39, 0.29) is 0 Å². The van der Waals surface area contributed by atoms with Gasteiger partial charge in [0.25, 0.3) is 0 Å². The van der Waals surface area contributed by atoms with Crippen molar-refractivity contribution < 1.29 is 18.7 Å². The highest BCUT2D eigenvalue weighted by atomic mass is 127. The largest absolute Gasteiger partial charge is 0.493 e. The molecule has 0 atom stereocenters. The lowest BCUT2D eigenvalue weighted by atomic mass is 10.0. The molecule has 0 radical (unpaired) electrons. The molecule has 0 amide bonds. The fourth-order valence-corrected chi connectivity index (χ4v) is 2.86. The molecular weight excluding hydrogens is 421 g/mol. The lowest BCUT2D eigenvalue weighted by Gasteiger charge is -2.13. The number of nitrogens with zero attached hydrogens (tertiary/aromatic N) is 1. The molecule has 0 fully saturated rings. The van der Waals surface area contributed by atoms with Crippen LogP contribution in [0.25, 0.3) is 22.4 Å². The number of aromatic nitrogens is 1. The van der Waals surface area contributed by atoms with Gasteiger partial charge in [-0.3, -0.25) is 0 Å². The molecule has 0 saturated heterocycles. The van der Waals surface area contributed by atoms with E-state index in [0.717, 1.165) is 22.4 Å². The molecule has 1 aromatic heterocycles. The van der Waals surface area contributed by atoms with E-state index in [4.69, 9.17) is 18.7 Å². The number of halogens is 1. The molecule has 2 aromatic carbocycles. The van der Waals surface area contributed by atoms with Crippen LogP contribution < -0.4 is 14.2 Å². The summed E-state index contributed by atoms with van der Waals surface area (Å²) in [6, 6.07) is 11.9. The fourth-order valence-electron chi connectivity index (χ4n) is 2.50. The van der Waals surface area contributed by atoms with Crippen LogP contribution in [0, 0.1) is 3.57 Å². The van der Waals surface area contributed by atoms with Gasteiger partial charge in [-0.15, -0.1) is 0 Å². The Morgan fingerprint density at radius 1 is 0.875 bits per heavy atom. The number of ether oxygens (including phenoxy) is 3. The maximum Gasteiger partial charge on any atom is 0.203 e. The molecule has 24 heavy (non-hydrogen) atoms. The van der Waals surface area contributed by atoms with Crippen LogP contribution in [0.5, 0.6) is 17.2 Å². The van der Waals surface area contributed by atoms with Gasteiger partial charge in [0.1, 0.15) is 12.0 Å². The summed E-state index contributed by atoms with van der Waals surface area (Å²) in [6.45, 7) is 0. The monoisotopic (exact) mass is 437 g/mol. The first-order valence-corrected chi connectivity index (χ1v) is 8.26. The zero-order valence-electron chi connectivity index (χ0n) is 13.5. The van der Waals surface area contributed by atoms with Crippen LogP contribution in [-0.4, -0.2) is 26.5 Å². The Morgan fingerprint density at radius 3 is 2.04 bits per heavy atom. The molecule has 0 aliphatic rings. The molecule has 3 rings (SSSR count). The van der Waals surface area contributed by atoms with Gasteiger partial charge in [0.2, 0.25) is 5.75 Å². The van der Waals surface area contributed by atoms with Crippen molar-refractivity contribution in [2.45, 2.75) is 0 Å². The van der Waals surface area contributed by atoms with Gasteiger partial charge in [-0.2, -0.15) is 0 Å². The second kappa shape index (κ2) is 7.12. The van der Waals surface area contributed by atoms with Crippen molar-refractivity contribution in [1.29, 1.82) is 0 Å². The average molecular weight is 437 g/mol. The molecule has 0 bridgehead atoms. The Balaban J connectivity index is 2.14. The van der Waals surface area contributed by atoms with Gasteiger partial charge in [0.15, 0.2) is 11.5 Å². The van der Waals surface area contributed by atoms with Gasteiger partial charge in [-0.1, -0.05) is 17.3 Å². The van der Waals surface area contributed by atoms with Crippen molar-refractivity contribution >= 4 is 22.6 Å². The van der Waals surface area contributed by atoms with Gasteiger partial charge < -0.3 is 18.7 Å². The van der Waals surface area contributed by atoms with Gasteiger partial charge in [0, 0.05) is 14.7 Å². The first-order valence-electron chi connectivity index (χ1n) is 7.18. The van der Waals surface area contributed by atoms with E-state index in [1.165, 1.54) is 3.57 Å². The van der Waals surface area contributed by atoms with Crippen molar-refractivity contribution in [2.75, 3.05) is 21.3 Å². The zero-order chi connectivity index (χ0) is 17.1. The molecule has 1 heterocycles. The predicted molar refractivity (Wildman–Crippen MR) is 99.7 cm³/mol. The van der Waals surface area contributed by atoms with Crippen LogP contribution in [0.1, 0.15) is 0 Å². The molecule has 5 nitrogen and oxygen atoms in total. The number of methoxy groups -OCH3 is 3. The smallest absolute Gasteiger partial charge is 0.203 e. The maximum absolute atomic E-state index is 5.41. The van der Waals surface area contributed by atoms with E-state index in [1.54, 1.807) is 27.6 Å². The minimum atomic E-state index is 0.544. The summed E-state index contributed by atoms with van der Waals surface area (Å²) in [5.41, 5.74) is 3.48. The quantitative estimate of drug-likeness (QED) is 0.545. The van der Waals surface area contributed by atoms with Gasteiger partial charge in [-0.25, -0.2) is 0 Å². The summed E-state index contributed by atoms with van der Waals surface area (Å²) in [4.78, 5) is 0. The third-order valence-electron chi connectivity index (χ3n) is 3.66. The molecule has 6 heteroatoms. The van der Waals surface area contributed by atoms with Crippen molar-refractivity contribution in [1.82, 2.24) is 5.16 Å². The minimum absolute atomic E-state index is 0.544. The van der Waals surface area contributed by atoms with Crippen LogP contribution in [0.4, 0.5) is 0 Å². The second-order valence-electron chi connectivity index (χ2n) is 5.00. The van der Waals surface area contributed by atoms with E-state index in [9.17, 15) is 0 Å². The van der Waals surface area contributed by atoms with Crippen LogP contribution >= 0.6 is 22.6 Å². The normalized spacial score (nSPS) is 10.5. The Labute approximate surface area is 153 Å². The van der Waals surface area contributed by atoms with Crippen LogP contribution in [0.15, 0.2) is 47.2 Å². The van der Waals surface area contributed by atoms with Gasteiger partial charge >= 0.3 is 0 Å². The number of rotatable bonds is 5. The first kappa shape index (κ1) is 16.6. The molecule has 3 aromatic rings. The maximum atomic E-state index is 5.41.